The van der Waals surface area contributed by atoms with Gasteiger partial charge in [0.25, 0.3) is 0 Å². The molecule has 5 heteroatoms. The minimum absolute atomic E-state index is 0.390. The first-order valence-corrected chi connectivity index (χ1v) is 4.23. The van der Waals surface area contributed by atoms with Crippen LogP contribution in [0.2, 0.25) is 0 Å². The Morgan fingerprint density at radius 2 is 1.86 bits per heavy atom. The standard InChI is InChI=1S/C9H9BN2O2/c13-10(14)8-3-4-9(11-7-8)12-5-1-2-6-12/h1-7,13-14H. The predicted molar refractivity (Wildman–Crippen MR) is 53.4 cm³/mol. The van der Waals surface area contributed by atoms with Crippen molar-refractivity contribution in [1.29, 1.82) is 0 Å². The van der Waals surface area contributed by atoms with Crippen LogP contribution in [-0.4, -0.2) is 26.7 Å². The van der Waals surface area contributed by atoms with E-state index in [1.54, 1.807) is 12.1 Å². The summed E-state index contributed by atoms with van der Waals surface area (Å²) >= 11 is 0. The van der Waals surface area contributed by atoms with Gasteiger partial charge in [-0.05, 0) is 18.2 Å². The van der Waals surface area contributed by atoms with Crippen LogP contribution in [0.3, 0.4) is 0 Å². The number of nitrogens with zero attached hydrogens (tertiary/aromatic N) is 2. The van der Waals surface area contributed by atoms with Gasteiger partial charge in [-0.15, -0.1) is 0 Å². The fourth-order valence-electron chi connectivity index (χ4n) is 1.19. The molecule has 2 aromatic rings. The Bertz CT molecular complexity index is 397. The van der Waals surface area contributed by atoms with Gasteiger partial charge in [-0.25, -0.2) is 4.98 Å². The largest absolute Gasteiger partial charge is 0.490 e. The minimum atomic E-state index is -1.46. The molecule has 0 aliphatic heterocycles. The lowest BCUT2D eigenvalue weighted by Crippen LogP contribution is -2.30. The zero-order valence-corrected chi connectivity index (χ0v) is 7.41. The first-order valence-electron chi connectivity index (χ1n) is 4.23. The SMILES string of the molecule is OB(O)c1ccc(-n2cccc2)nc1. The van der Waals surface area contributed by atoms with Crippen LogP contribution in [0.5, 0.6) is 0 Å². The molecule has 14 heavy (non-hydrogen) atoms. The lowest BCUT2D eigenvalue weighted by molar-refractivity contribution is 0.425. The molecule has 0 amide bonds. The summed E-state index contributed by atoms with van der Waals surface area (Å²) in [6.45, 7) is 0. The van der Waals surface area contributed by atoms with Gasteiger partial charge in [-0.1, -0.05) is 6.07 Å². The van der Waals surface area contributed by atoms with Crippen LogP contribution < -0.4 is 5.46 Å². The van der Waals surface area contributed by atoms with Gasteiger partial charge in [0.1, 0.15) is 5.82 Å². The van der Waals surface area contributed by atoms with Crippen molar-refractivity contribution in [3.05, 3.63) is 42.9 Å². The van der Waals surface area contributed by atoms with Crippen LogP contribution in [0.15, 0.2) is 42.9 Å². The Kier molecular flexibility index (Phi) is 2.34. The van der Waals surface area contributed by atoms with E-state index in [0.717, 1.165) is 5.82 Å². The first-order chi connectivity index (χ1) is 6.77. The molecule has 4 nitrogen and oxygen atoms in total. The molecule has 0 spiro atoms. The molecule has 0 saturated heterocycles. The van der Waals surface area contributed by atoms with E-state index < -0.39 is 7.12 Å². The summed E-state index contributed by atoms with van der Waals surface area (Å²) < 4.78 is 1.84. The summed E-state index contributed by atoms with van der Waals surface area (Å²) in [7, 11) is -1.46. The van der Waals surface area contributed by atoms with Crippen LogP contribution >= 0.6 is 0 Å². The topological polar surface area (TPSA) is 58.3 Å². The second-order valence-electron chi connectivity index (χ2n) is 2.91. The van der Waals surface area contributed by atoms with Crippen molar-refractivity contribution in [2.45, 2.75) is 0 Å². The van der Waals surface area contributed by atoms with E-state index in [2.05, 4.69) is 4.98 Å². The summed E-state index contributed by atoms with van der Waals surface area (Å²) in [6.07, 6.45) is 5.19. The van der Waals surface area contributed by atoms with Crippen molar-refractivity contribution in [2.24, 2.45) is 0 Å². The lowest BCUT2D eigenvalue weighted by atomic mass is 9.82. The molecule has 0 aliphatic carbocycles. The third kappa shape index (κ3) is 1.68. The van der Waals surface area contributed by atoms with Crippen molar-refractivity contribution in [3.8, 4) is 5.82 Å². The zero-order valence-electron chi connectivity index (χ0n) is 7.41. The van der Waals surface area contributed by atoms with Crippen LogP contribution in [0, 0.1) is 0 Å². The first kappa shape index (κ1) is 8.99. The summed E-state index contributed by atoms with van der Waals surface area (Å²) in [5.74, 6) is 0.749. The van der Waals surface area contributed by atoms with E-state index in [1.807, 2.05) is 29.1 Å². The smallest absolute Gasteiger partial charge is 0.423 e. The van der Waals surface area contributed by atoms with Crippen LogP contribution in [0.25, 0.3) is 5.82 Å². The summed E-state index contributed by atoms with van der Waals surface area (Å²) in [5, 5.41) is 17.7. The average molecular weight is 188 g/mol. The van der Waals surface area contributed by atoms with E-state index in [1.165, 1.54) is 6.20 Å². The van der Waals surface area contributed by atoms with E-state index >= 15 is 0 Å². The Balaban J connectivity index is 2.31. The predicted octanol–water partition coefficient (Wildman–Crippen LogP) is -0.448. The number of rotatable bonds is 2. The highest BCUT2D eigenvalue weighted by Gasteiger charge is 2.10. The van der Waals surface area contributed by atoms with Crippen molar-refractivity contribution >= 4 is 12.6 Å². The maximum Gasteiger partial charge on any atom is 0.490 e. The number of pyridine rings is 1. The molecule has 2 heterocycles. The Morgan fingerprint density at radius 1 is 1.14 bits per heavy atom. The molecular weight excluding hydrogens is 179 g/mol. The van der Waals surface area contributed by atoms with Crippen molar-refractivity contribution < 1.29 is 10.0 Å². The van der Waals surface area contributed by atoms with E-state index in [-0.39, 0.29) is 0 Å². The second-order valence-corrected chi connectivity index (χ2v) is 2.91. The minimum Gasteiger partial charge on any atom is -0.423 e. The third-order valence-corrected chi connectivity index (χ3v) is 1.94. The molecule has 2 N–H and O–H groups in total. The van der Waals surface area contributed by atoms with Gasteiger partial charge in [0.2, 0.25) is 0 Å². The van der Waals surface area contributed by atoms with Gasteiger partial charge in [0, 0.05) is 24.1 Å². The molecule has 0 aliphatic rings. The highest BCUT2D eigenvalue weighted by Crippen LogP contribution is 2.01. The molecule has 0 radical (unpaired) electrons. The van der Waals surface area contributed by atoms with Crippen LogP contribution in [0.4, 0.5) is 0 Å². The second kappa shape index (κ2) is 3.65. The molecule has 0 aromatic carbocycles. The van der Waals surface area contributed by atoms with Crippen LogP contribution in [0.1, 0.15) is 0 Å². The molecule has 2 rings (SSSR count). The summed E-state index contributed by atoms with van der Waals surface area (Å²) in [6, 6.07) is 7.16. The Morgan fingerprint density at radius 3 is 2.36 bits per heavy atom. The maximum atomic E-state index is 8.85. The molecule has 0 atom stereocenters. The molecule has 0 saturated carbocycles. The number of aromatic nitrogens is 2. The molecule has 0 bridgehead atoms. The lowest BCUT2D eigenvalue weighted by Gasteiger charge is -2.02. The molecular formula is C9H9BN2O2. The molecule has 0 fully saturated rings. The number of hydrogen-bond donors (Lipinski definition) is 2. The van der Waals surface area contributed by atoms with Crippen molar-refractivity contribution in [2.75, 3.05) is 0 Å². The molecule has 2 aromatic heterocycles. The summed E-state index contributed by atoms with van der Waals surface area (Å²) in [4.78, 5) is 4.09. The zero-order chi connectivity index (χ0) is 9.97. The summed E-state index contributed by atoms with van der Waals surface area (Å²) in [5.41, 5.74) is 0.390. The van der Waals surface area contributed by atoms with Gasteiger partial charge < -0.3 is 14.6 Å². The Hall–Kier alpha value is -1.59. The van der Waals surface area contributed by atoms with Crippen LogP contribution in [-0.2, 0) is 0 Å². The van der Waals surface area contributed by atoms with E-state index in [9.17, 15) is 0 Å². The van der Waals surface area contributed by atoms with Crippen molar-refractivity contribution in [1.82, 2.24) is 9.55 Å². The maximum absolute atomic E-state index is 8.85. The fraction of sp³-hybridized carbons (Fsp3) is 0. The molecule has 0 unspecified atom stereocenters. The molecule has 70 valence electrons. The Labute approximate surface area is 81.6 Å². The monoisotopic (exact) mass is 188 g/mol. The van der Waals surface area contributed by atoms with Gasteiger partial charge in [0.15, 0.2) is 0 Å². The normalized spacial score (nSPS) is 10.1. The fourth-order valence-corrected chi connectivity index (χ4v) is 1.19. The van der Waals surface area contributed by atoms with Gasteiger partial charge in [-0.3, -0.25) is 0 Å². The van der Waals surface area contributed by atoms with E-state index in [4.69, 9.17) is 10.0 Å². The van der Waals surface area contributed by atoms with Gasteiger partial charge >= 0.3 is 7.12 Å². The van der Waals surface area contributed by atoms with Gasteiger partial charge in [-0.2, -0.15) is 0 Å². The third-order valence-electron chi connectivity index (χ3n) is 1.94. The number of hydrogen-bond acceptors (Lipinski definition) is 3. The highest BCUT2D eigenvalue weighted by molar-refractivity contribution is 6.58. The quantitative estimate of drug-likeness (QED) is 0.627. The highest BCUT2D eigenvalue weighted by atomic mass is 16.4. The van der Waals surface area contributed by atoms with Gasteiger partial charge in [0.05, 0.1) is 0 Å². The average Bonchev–Trinajstić information content (AvgIpc) is 2.71. The van der Waals surface area contributed by atoms with Crippen molar-refractivity contribution in [3.63, 3.8) is 0 Å². The van der Waals surface area contributed by atoms with E-state index in [0.29, 0.717) is 5.46 Å².